The summed E-state index contributed by atoms with van der Waals surface area (Å²) in [4.78, 5) is 0.145. The van der Waals surface area contributed by atoms with Crippen molar-refractivity contribution in [2.24, 2.45) is 12.8 Å². The second-order valence-electron chi connectivity index (χ2n) is 4.30. The molecule has 2 rings (SSSR count). The van der Waals surface area contributed by atoms with Gasteiger partial charge in [-0.05, 0) is 23.8 Å². The summed E-state index contributed by atoms with van der Waals surface area (Å²) >= 11 is 5.92. The van der Waals surface area contributed by atoms with Gasteiger partial charge in [-0.15, -0.1) is 0 Å². The molecule has 0 bridgehead atoms. The highest BCUT2D eigenvalue weighted by molar-refractivity contribution is 7.89. The number of aryl methyl sites for hydroxylation is 1. The molecule has 3 N–H and O–H groups in total. The minimum Gasteiger partial charge on any atom is -0.326 e. The Morgan fingerprint density at radius 1 is 1.45 bits per heavy atom. The van der Waals surface area contributed by atoms with Crippen molar-refractivity contribution >= 4 is 21.6 Å². The summed E-state index contributed by atoms with van der Waals surface area (Å²) in [5.74, 6) is 0. The van der Waals surface area contributed by atoms with Gasteiger partial charge in [0, 0.05) is 36.9 Å². The number of sulfonamides is 1. The maximum atomic E-state index is 12.2. The molecule has 0 saturated heterocycles. The molecular weight excluding hydrogens is 300 g/mol. The van der Waals surface area contributed by atoms with E-state index in [-0.39, 0.29) is 18.0 Å². The molecule has 1 aromatic heterocycles. The van der Waals surface area contributed by atoms with Crippen LogP contribution in [0.5, 0.6) is 0 Å². The van der Waals surface area contributed by atoms with Crippen molar-refractivity contribution in [1.29, 1.82) is 0 Å². The second kappa shape index (κ2) is 5.92. The fourth-order valence-electron chi connectivity index (χ4n) is 1.70. The molecule has 0 unspecified atom stereocenters. The molecule has 20 heavy (non-hydrogen) atoms. The van der Waals surface area contributed by atoms with E-state index in [1.807, 2.05) is 0 Å². The zero-order valence-corrected chi connectivity index (χ0v) is 12.4. The molecule has 1 aromatic carbocycles. The van der Waals surface area contributed by atoms with Gasteiger partial charge in [0.2, 0.25) is 10.0 Å². The Bertz CT molecular complexity index is 712. The van der Waals surface area contributed by atoms with Crippen LogP contribution in [-0.4, -0.2) is 18.2 Å². The smallest absolute Gasteiger partial charge is 0.240 e. The van der Waals surface area contributed by atoms with Crippen LogP contribution in [0.4, 0.5) is 0 Å². The zero-order chi connectivity index (χ0) is 14.8. The topological polar surface area (TPSA) is 90.0 Å². The highest BCUT2D eigenvalue weighted by atomic mass is 35.5. The average Bonchev–Trinajstić information content (AvgIpc) is 2.83. The van der Waals surface area contributed by atoms with Crippen molar-refractivity contribution in [2.75, 3.05) is 0 Å². The van der Waals surface area contributed by atoms with Gasteiger partial charge in [-0.2, -0.15) is 5.10 Å². The summed E-state index contributed by atoms with van der Waals surface area (Å²) < 4.78 is 28.5. The summed E-state index contributed by atoms with van der Waals surface area (Å²) in [5, 5.41) is 4.43. The SMILES string of the molecule is Cn1cc(CNS(=O)(=O)c2ccc(Cl)c(CN)c2)cn1. The standard InChI is InChI=1S/C12H15ClN4O2S/c1-17-8-9(6-15-17)7-16-20(18,19)11-2-3-12(13)10(4-11)5-14/h2-4,6,8,16H,5,7,14H2,1H3. The quantitative estimate of drug-likeness (QED) is 0.862. The summed E-state index contributed by atoms with van der Waals surface area (Å²) in [7, 11) is -1.83. The van der Waals surface area contributed by atoms with E-state index in [9.17, 15) is 8.42 Å². The third kappa shape index (κ3) is 3.37. The van der Waals surface area contributed by atoms with Crippen LogP contribution < -0.4 is 10.5 Å². The van der Waals surface area contributed by atoms with E-state index >= 15 is 0 Å². The molecule has 0 radical (unpaired) electrons. The molecule has 0 aliphatic heterocycles. The molecule has 1 heterocycles. The molecule has 0 aliphatic carbocycles. The molecule has 0 saturated carbocycles. The number of aromatic nitrogens is 2. The largest absolute Gasteiger partial charge is 0.326 e. The highest BCUT2D eigenvalue weighted by Gasteiger charge is 2.15. The number of nitrogens with zero attached hydrogens (tertiary/aromatic N) is 2. The van der Waals surface area contributed by atoms with E-state index in [0.29, 0.717) is 10.6 Å². The van der Waals surface area contributed by atoms with Crippen LogP contribution in [-0.2, 0) is 30.2 Å². The first-order valence-corrected chi connectivity index (χ1v) is 7.74. The van der Waals surface area contributed by atoms with Gasteiger partial charge >= 0.3 is 0 Å². The van der Waals surface area contributed by atoms with Gasteiger partial charge in [0.1, 0.15) is 0 Å². The van der Waals surface area contributed by atoms with E-state index < -0.39 is 10.0 Å². The Morgan fingerprint density at radius 2 is 2.20 bits per heavy atom. The number of benzene rings is 1. The molecule has 108 valence electrons. The van der Waals surface area contributed by atoms with E-state index in [0.717, 1.165) is 5.56 Å². The number of halogens is 1. The van der Waals surface area contributed by atoms with Crippen LogP contribution in [0.25, 0.3) is 0 Å². The predicted molar refractivity (Wildman–Crippen MR) is 76.6 cm³/mol. The number of nitrogens with two attached hydrogens (primary N) is 1. The van der Waals surface area contributed by atoms with Crippen LogP contribution in [0.3, 0.4) is 0 Å². The van der Waals surface area contributed by atoms with Crippen molar-refractivity contribution in [3.63, 3.8) is 0 Å². The van der Waals surface area contributed by atoms with Gasteiger partial charge in [-0.25, -0.2) is 13.1 Å². The number of nitrogens with one attached hydrogen (secondary N) is 1. The molecular formula is C12H15ClN4O2S. The molecule has 0 spiro atoms. The average molecular weight is 315 g/mol. The minimum atomic E-state index is -3.60. The normalized spacial score (nSPS) is 11.8. The number of rotatable bonds is 5. The first-order chi connectivity index (χ1) is 9.42. The lowest BCUT2D eigenvalue weighted by molar-refractivity contribution is 0.581. The Balaban J connectivity index is 2.17. The van der Waals surface area contributed by atoms with E-state index in [2.05, 4.69) is 9.82 Å². The lowest BCUT2D eigenvalue weighted by Gasteiger charge is -2.08. The minimum absolute atomic E-state index is 0.145. The van der Waals surface area contributed by atoms with Gasteiger partial charge in [0.05, 0.1) is 11.1 Å². The molecule has 0 amide bonds. The van der Waals surface area contributed by atoms with E-state index in [4.69, 9.17) is 17.3 Å². The summed E-state index contributed by atoms with van der Waals surface area (Å²) in [6, 6.07) is 4.46. The van der Waals surface area contributed by atoms with Gasteiger partial charge in [-0.1, -0.05) is 11.6 Å². The third-order valence-corrected chi connectivity index (χ3v) is 4.54. The van der Waals surface area contributed by atoms with Crippen molar-refractivity contribution in [2.45, 2.75) is 18.0 Å². The molecule has 0 atom stereocenters. The van der Waals surface area contributed by atoms with Crippen molar-refractivity contribution in [3.8, 4) is 0 Å². The van der Waals surface area contributed by atoms with Gasteiger partial charge in [-0.3, -0.25) is 4.68 Å². The molecule has 0 fully saturated rings. The van der Waals surface area contributed by atoms with Crippen molar-refractivity contribution < 1.29 is 8.42 Å². The molecule has 0 aliphatic rings. The Kier molecular flexibility index (Phi) is 4.44. The first-order valence-electron chi connectivity index (χ1n) is 5.88. The van der Waals surface area contributed by atoms with Gasteiger partial charge < -0.3 is 5.73 Å². The van der Waals surface area contributed by atoms with Crippen LogP contribution in [0, 0.1) is 0 Å². The Morgan fingerprint density at radius 3 is 2.80 bits per heavy atom. The van der Waals surface area contributed by atoms with Crippen LogP contribution >= 0.6 is 11.6 Å². The van der Waals surface area contributed by atoms with Crippen LogP contribution in [0.2, 0.25) is 5.02 Å². The van der Waals surface area contributed by atoms with Gasteiger partial charge in [0.15, 0.2) is 0 Å². The fraction of sp³-hybridized carbons (Fsp3) is 0.250. The van der Waals surface area contributed by atoms with Crippen LogP contribution in [0.1, 0.15) is 11.1 Å². The second-order valence-corrected chi connectivity index (χ2v) is 6.48. The van der Waals surface area contributed by atoms with E-state index in [1.54, 1.807) is 24.1 Å². The maximum Gasteiger partial charge on any atom is 0.240 e. The number of hydrogen-bond acceptors (Lipinski definition) is 4. The Hall–Kier alpha value is -1.41. The molecule has 2 aromatic rings. The van der Waals surface area contributed by atoms with Crippen molar-refractivity contribution in [3.05, 3.63) is 46.7 Å². The number of hydrogen-bond donors (Lipinski definition) is 2. The monoisotopic (exact) mass is 314 g/mol. The summed E-state index contributed by atoms with van der Waals surface area (Å²) in [6.07, 6.45) is 3.35. The van der Waals surface area contributed by atoms with Crippen LogP contribution in [0.15, 0.2) is 35.5 Å². The zero-order valence-electron chi connectivity index (χ0n) is 10.9. The molecule has 6 nitrogen and oxygen atoms in total. The highest BCUT2D eigenvalue weighted by Crippen LogP contribution is 2.20. The fourth-order valence-corrected chi connectivity index (χ4v) is 2.96. The lowest BCUT2D eigenvalue weighted by Crippen LogP contribution is -2.23. The van der Waals surface area contributed by atoms with Crippen molar-refractivity contribution in [1.82, 2.24) is 14.5 Å². The third-order valence-electron chi connectivity index (χ3n) is 2.77. The predicted octanol–water partition coefficient (Wildman–Crippen LogP) is 1.01. The lowest BCUT2D eigenvalue weighted by atomic mass is 10.2. The maximum absolute atomic E-state index is 12.2. The molecule has 8 heteroatoms. The summed E-state index contributed by atoms with van der Waals surface area (Å²) in [6.45, 7) is 0.363. The van der Waals surface area contributed by atoms with Gasteiger partial charge in [0.25, 0.3) is 0 Å². The van der Waals surface area contributed by atoms with E-state index in [1.165, 1.54) is 18.2 Å². The first kappa shape index (κ1) is 15.0. The summed E-state index contributed by atoms with van der Waals surface area (Å²) in [5.41, 5.74) is 6.89. The Labute approximate surface area is 122 Å².